The van der Waals surface area contributed by atoms with Gasteiger partial charge in [0.25, 0.3) is 5.91 Å². The molecule has 0 fully saturated rings. The first-order chi connectivity index (χ1) is 8.15. The molecular weight excluding hydrogens is 234 g/mol. The van der Waals surface area contributed by atoms with Gasteiger partial charge in [0.15, 0.2) is 0 Å². The Bertz CT molecular complexity index is 547. The van der Waals surface area contributed by atoms with Crippen molar-refractivity contribution in [1.29, 1.82) is 0 Å². The fourth-order valence-electron chi connectivity index (χ4n) is 1.64. The van der Waals surface area contributed by atoms with Crippen LogP contribution in [0.1, 0.15) is 22.2 Å². The summed E-state index contributed by atoms with van der Waals surface area (Å²) in [7, 11) is 3.10. The van der Waals surface area contributed by atoms with Crippen molar-refractivity contribution in [3.05, 3.63) is 34.7 Å². The second-order valence-electron chi connectivity index (χ2n) is 3.82. The largest absolute Gasteiger partial charge is 0.287 e. The zero-order valence-electron chi connectivity index (χ0n) is 10.2. The van der Waals surface area contributed by atoms with Crippen LogP contribution in [0, 0.1) is 0 Å². The summed E-state index contributed by atoms with van der Waals surface area (Å²) in [6.07, 6.45) is 1.01. The van der Waals surface area contributed by atoms with Crippen LogP contribution < -0.4 is 0 Å². The van der Waals surface area contributed by atoms with E-state index in [0.29, 0.717) is 4.88 Å². The molecule has 17 heavy (non-hydrogen) atoms. The second kappa shape index (κ2) is 4.85. The first-order valence-corrected chi connectivity index (χ1v) is 6.32. The topological polar surface area (TPSA) is 29.5 Å². The van der Waals surface area contributed by atoms with Crippen molar-refractivity contribution in [3.63, 3.8) is 0 Å². The molecule has 0 N–H and O–H groups in total. The van der Waals surface area contributed by atoms with Gasteiger partial charge in [-0.1, -0.05) is 19.1 Å². The summed E-state index contributed by atoms with van der Waals surface area (Å²) < 4.78 is 1.15. The number of hydroxylamine groups is 2. The number of nitrogens with zero attached hydrogens (tertiary/aromatic N) is 1. The van der Waals surface area contributed by atoms with Gasteiger partial charge in [-0.25, -0.2) is 5.06 Å². The molecular formula is C13H15NO2S. The quantitative estimate of drug-likeness (QED) is 0.782. The third-order valence-electron chi connectivity index (χ3n) is 2.76. The molecule has 0 saturated heterocycles. The molecule has 1 amide bonds. The Morgan fingerprint density at radius 1 is 1.41 bits per heavy atom. The third-order valence-corrected chi connectivity index (χ3v) is 3.85. The Morgan fingerprint density at radius 2 is 2.18 bits per heavy atom. The lowest BCUT2D eigenvalue weighted by Gasteiger charge is -2.11. The average Bonchev–Trinajstić information content (AvgIpc) is 2.79. The number of fused-ring (bicyclic) bond motifs is 1. The van der Waals surface area contributed by atoms with Gasteiger partial charge in [-0.2, -0.15) is 0 Å². The lowest BCUT2D eigenvalue weighted by atomic mass is 10.1. The third kappa shape index (κ3) is 2.33. The van der Waals surface area contributed by atoms with Crippen LogP contribution in [0.4, 0.5) is 0 Å². The van der Waals surface area contributed by atoms with Crippen LogP contribution in [0.25, 0.3) is 10.1 Å². The molecule has 1 heterocycles. The minimum absolute atomic E-state index is 0.105. The molecule has 90 valence electrons. The van der Waals surface area contributed by atoms with E-state index in [1.54, 1.807) is 7.05 Å². The van der Waals surface area contributed by atoms with Gasteiger partial charge in [0.2, 0.25) is 0 Å². The molecule has 0 bridgehead atoms. The lowest BCUT2D eigenvalue weighted by Crippen LogP contribution is -2.24. The molecule has 0 saturated carbocycles. The Labute approximate surface area is 105 Å². The van der Waals surface area contributed by atoms with Gasteiger partial charge in [0.1, 0.15) is 0 Å². The summed E-state index contributed by atoms with van der Waals surface area (Å²) in [6, 6.07) is 8.22. The Morgan fingerprint density at radius 3 is 2.82 bits per heavy atom. The molecule has 0 spiro atoms. The molecule has 0 radical (unpaired) electrons. The number of hydrogen-bond donors (Lipinski definition) is 0. The van der Waals surface area contributed by atoms with E-state index in [0.717, 1.165) is 16.5 Å². The van der Waals surface area contributed by atoms with Crippen LogP contribution in [0.3, 0.4) is 0 Å². The van der Waals surface area contributed by atoms with E-state index < -0.39 is 0 Å². The molecule has 0 aliphatic heterocycles. The van der Waals surface area contributed by atoms with E-state index in [-0.39, 0.29) is 5.91 Å². The van der Waals surface area contributed by atoms with Crippen molar-refractivity contribution < 1.29 is 9.63 Å². The van der Waals surface area contributed by atoms with Gasteiger partial charge < -0.3 is 0 Å². The smallest absolute Gasteiger partial charge is 0.274 e. The molecule has 3 nitrogen and oxygen atoms in total. The summed E-state index contributed by atoms with van der Waals surface area (Å²) in [5.41, 5.74) is 1.29. The molecule has 1 aromatic heterocycles. The summed E-state index contributed by atoms with van der Waals surface area (Å²) in [6.45, 7) is 2.12. The molecule has 2 rings (SSSR count). The van der Waals surface area contributed by atoms with Gasteiger partial charge in [0.05, 0.1) is 12.0 Å². The number of benzene rings is 1. The lowest BCUT2D eigenvalue weighted by molar-refractivity contribution is -0.0753. The molecule has 1 aromatic carbocycles. The standard InChI is InChI=1S/C13H15NO2S/c1-4-9-5-6-10-8-12(17-11(10)7-9)13(15)14(2)16-3/h5-8H,4H2,1-3H3. The fraction of sp³-hybridized carbons (Fsp3) is 0.308. The number of carbonyl (C=O) groups excluding carboxylic acids is 1. The summed E-state index contributed by atoms with van der Waals surface area (Å²) in [5, 5.41) is 2.35. The molecule has 0 atom stereocenters. The van der Waals surface area contributed by atoms with Crippen molar-refractivity contribution in [2.24, 2.45) is 0 Å². The van der Waals surface area contributed by atoms with Gasteiger partial charge in [-0.05, 0) is 29.5 Å². The van der Waals surface area contributed by atoms with Crippen LogP contribution in [0.5, 0.6) is 0 Å². The summed E-state index contributed by atoms with van der Waals surface area (Å²) in [5.74, 6) is -0.105. The van der Waals surface area contributed by atoms with E-state index >= 15 is 0 Å². The van der Waals surface area contributed by atoms with Gasteiger partial charge >= 0.3 is 0 Å². The number of hydrogen-bond acceptors (Lipinski definition) is 3. The van der Waals surface area contributed by atoms with E-state index in [1.165, 1.54) is 29.1 Å². The fourth-order valence-corrected chi connectivity index (χ4v) is 2.73. The molecule has 0 unspecified atom stereocenters. The zero-order valence-corrected chi connectivity index (χ0v) is 11.0. The van der Waals surface area contributed by atoms with Crippen LogP contribution >= 0.6 is 11.3 Å². The van der Waals surface area contributed by atoms with Crippen molar-refractivity contribution in [3.8, 4) is 0 Å². The van der Waals surface area contributed by atoms with E-state index in [2.05, 4.69) is 25.1 Å². The highest BCUT2D eigenvalue weighted by Crippen LogP contribution is 2.27. The minimum Gasteiger partial charge on any atom is -0.274 e. The minimum atomic E-state index is -0.105. The first-order valence-electron chi connectivity index (χ1n) is 5.50. The van der Waals surface area contributed by atoms with E-state index in [1.807, 2.05) is 6.07 Å². The maximum absolute atomic E-state index is 11.9. The highest BCUT2D eigenvalue weighted by atomic mass is 32.1. The zero-order chi connectivity index (χ0) is 12.4. The molecule has 4 heteroatoms. The molecule has 0 aliphatic rings. The van der Waals surface area contributed by atoms with Gasteiger partial charge in [0, 0.05) is 11.7 Å². The van der Waals surface area contributed by atoms with Crippen molar-refractivity contribution >= 4 is 27.3 Å². The number of amides is 1. The maximum atomic E-state index is 11.9. The highest BCUT2D eigenvalue weighted by Gasteiger charge is 2.14. The molecule has 2 aromatic rings. The second-order valence-corrected chi connectivity index (χ2v) is 4.91. The molecule has 0 aliphatic carbocycles. The van der Waals surface area contributed by atoms with Gasteiger partial charge in [-0.3, -0.25) is 9.63 Å². The number of thiophene rings is 1. The van der Waals surface area contributed by atoms with Gasteiger partial charge in [-0.15, -0.1) is 11.3 Å². The maximum Gasteiger partial charge on any atom is 0.287 e. The van der Waals surface area contributed by atoms with Crippen LogP contribution in [0.2, 0.25) is 0 Å². The Balaban J connectivity index is 2.41. The van der Waals surface area contributed by atoms with Crippen molar-refractivity contribution in [2.75, 3.05) is 14.2 Å². The van der Waals surface area contributed by atoms with Crippen molar-refractivity contribution in [2.45, 2.75) is 13.3 Å². The van der Waals surface area contributed by atoms with E-state index in [4.69, 9.17) is 4.84 Å². The SMILES string of the molecule is CCc1ccc2cc(C(=O)N(C)OC)sc2c1. The van der Waals surface area contributed by atoms with E-state index in [9.17, 15) is 4.79 Å². The number of aryl methyl sites for hydroxylation is 1. The summed E-state index contributed by atoms with van der Waals surface area (Å²) >= 11 is 1.51. The highest BCUT2D eigenvalue weighted by molar-refractivity contribution is 7.20. The Kier molecular flexibility index (Phi) is 3.45. The summed E-state index contributed by atoms with van der Waals surface area (Å²) in [4.78, 5) is 17.5. The van der Waals surface area contributed by atoms with Crippen LogP contribution in [-0.2, 0) is 11.3 Å². The number of rotatable bonds is 3. The predicted molar refractivity (Wildman–Crippen MR) is 70.3 cm³/mol. The van der Waals surface area contributed by atoms with Crippen LogP contribution in [0.15, 0.2) is 24.3 Å². The normalized spacial score (nSPS) is 10.8. The monoisotopic (exact) mass is 249 g/mol. The van der Waals surface area contributed by atoms with Crippen molar-refractivity contribution in [1.82, 2.24) is 5.06 Å². The Hall–Kier alpha value is -1.39. The first kappa shape index (κ1) is 12.1. The average molecular weight is 249 g/mol. The number of carbonyl (C=O) groups is 1. The van der Waals surface area contributed by atoms with Crippen LogP contribution in [-0.4, -0.2) is 25.1 Å². The predicted octanol–water partition coefficient (Wildman–Crippen LogP) is 3.10.